The highest BCUT2D eigenvalue weighted by Gasteiger charge is 2.28. The van der Waals surface area contributed by atoms with Crippen molar-refractivity contribution >= 4 is 35.6 Å². The lowest BCUT2D eigenvalue weighted by atomic mass is 10.4. The molecule has 1 aliphatic rings. The van der Waals surface area contributed by atoms with Gasteiger partial charge in [-0.1, -0.05) is 72.4 Å². The third-order valence-electron chi connectivity index (χ3n) is 3.02. The Kier molecular flexibility index (Phi) is 3.86. The first-order valence-corrected chi connectivity index (χ1v) is 8.53. The van der Waals surface area contributed by atoms with Crippen LogP contribution in [-0.2, 0) is 0 Å². The van der Waals surface area contributed by atoms with Crippen LogP contribution in [0.15, 0.2) is 60.7 Å². The molecule has 0 aromatic heterocycles. The van der Waals surface area contributed by atoms with E-state index in [0.29, 0.717) is 5.17 Å². The predicted molar refractivity (Wildman–Crippen MR) is 86.0 cm³/mol. The van der Waals surface area contributed by atoms with Crippen molar-refractivity contribution in [2.24, 2.45) is 0 Å². The lowest BCUT2D eigenvalue weighted by Crippen LogP contribution is -2.28. The molecule has 19 heavy (non-hydrogen) atoms. The molecule has 96 valence electrons. The number of amidine groups is 1. The molecule has 0 radical (unpaired) electrons. The summed E-state index contributed by atoms with van der Waals surface area (Å²) in [6.07, 6.45) is 0. The van der Waals surface area contributed by atoms with Crippen LogP contribution in [0.1, 0.15) is 0 Å². The van der Waals surface area contributed by atoms with Crippen LogP contribution in [0, 0.1) is 5.41 Å². The zero-order valence-electron chi connectivity index (χ0n) is 10.5. The standard InChI is InChI=1S/C15H15N2PS/c16-15-17(11-12-19-15)18(13-7-3-1-4-8-13)14-9-5-2-6-10-14/h1-10,16H,11-12H2. The number of hydrogen-bond donors (Lipinski definition) is 1. The third-order valence-corrected chi connectivity index (χ3v) is 6.49. The summed E-state index contributed by atoms with van der Waals surface area (Å²) in [7, 11) is -0.603. The van der Waals surface area contributed by atoms with Gasteiger partial charge in [0.2, 0.25) is 0 Å². The highest BCUT2D eigenvalue weighted by molar-refractivity contribution is 8.14. The maximum Gasteiger partial charge on any atom is 0.160 e. The van der Waals surface area contributed by atoms with Crippen LogP contribution in [-0.4, -0.2) is 22.1 Å². The first-order valence-electron chi connectivity index (χ1n) is 6.25. The van der Waals surface area contributed by atoms with E-state index in [1.807, 2.05) is 12.1 Å². The first kappa shape index (κ1) is 12.7. The highest BCUT2D eigenvalue weighted by Crippen LogP contribution is 2.42. The van der Waals surface area contributed by atoms with E-state index in [4.69, 9.17) is 5.41 Å². The molecule has 2 aromatic carbocycles. The summed E-state index contributed by atoms with van der Waals surface area (Å²) in [6, 6.07) is 21.1. The Labute approximate surface area is 119 Å². The molecular weight excluding hydrogens is 271 g/mol. The maximum absolute atomic E-state index is 8.14. The Hall–Kier alpha value is -1.31. The minimum atomic E-state index is -0.603. The molecule has 0 spiro atoms. The largest absolute Gasteiger partial charge is 0.322 e. The van der Waals surface area contributed by atoms with Gasteiger partial charge >= 0.3 is 0 Å². The molecule has 0 saturated carbocycles. The van der Waals surface area contributed by atoms with Gasteiger partial charge in [-0.15, -0.1) is 0 Å². The number of thioether (sulfide) groups is 1. The van der Waals surface area contributed by atoms with Crippen molar-refractivity contribution in [2.45, 2.75) is 0 Å². The fourth-order valence-corrected chi connectivity index (χ4v) is 5.67. The Morgan fingerprint density at radius 1 is 0.895 bits per heavy atom. The summed E-state index contributed by atoms with van der Waals surface area (Å²) in [5, 5.41) is 11.5. The average Bonchev–Trinajstić information content (AvgIpc) is 2.88. The average molecular weight is 286 g/mol. The zero-order chi connectivity index (χ0) is 13.1. The molecule has 1 saturated heterocycles. The lowest BCUT2D eigenvalue weighted by Gasteiger charge is -2.29. The van der Waals surface area contributed by atoms with Crippen molar-refractivity contribution < 1.29 is 0 Å². The highest BCUT2D eigenvalue weighted by atomic mass is 32.2. The summed E-state index contributed by atoms with van der Waals surface area (Å²) >= 11 is 1.65. The molecular formula is C15H15N2PS. The molecule has 0 amide bonds. The maximum atomic E-state index is 8.14. The molecule has 1 fully saturated rings. The molecule has 1 N–H and O–H groups in total. The number of rotatable bonds is 3. The number of benzene rings is 2. The number of nitrogens with zero attached hydrogens (tertiary/aromatic N) is 1. The van der Waals surface area contributed by atoms with Crippen LogP contribution in [0.4, 0.5) is 0 Å². The van der Waals surface area contributed by atoms with E-state index in [0.717, 1.165) is 12.3 Å². The van der Waals surface area contributed by atoms with Gasteiger partial charge in [0.25, 0.3) is 0 Å². The van der Waals surface area contributed by atoms with Gasteiger partial charge in [0.15, 0.2) is 5.17 Å². The molecule has 0 aliphatic carbocycles. The third kappa shape index (κ3) is 2.68. The molecule has 1 heterocycles. The summed E-state index contributed by atoms with van der Waals surface area (Å²) in [5.41, 5.74) is 0. The van der Waals surface area contributed by atoms with Crippen LogP contribution in [0.5, 0.6) is 0 Å². The van der Waals surface area contributed by atoms with Gasteiger partial charge in [-0.2, -0.15) is 0 Å². The van der Waals surface area contributed by atoms with Crippen molar-refractivity contribution in [3.8, 4) is 0 Å². The van der Waals surface area contributed by atoms with Gasteiger partial charge in [-0.05, 0) is 0 Å². The molecule has 2 aromatic rings. The van der Waals surface area contributed by atoms with Gasteiger partial charge in [0.1, 0.15) is 0 Å². The van der Waals surface area contributed by atoms with Gasteiger partial charge in [0.05, 0.1) is 8.07 Å². The second-order valence-corrected chi connectivity index (χ2v) is 7.48. The summed E-state index contributed by atoms with van der Waals surface area (Å²) in [5.74, 6) is 1.03. The van der Waals surface area contributed by atoms with E-state index in [1.165, 1.54) is 10.6 Å². The van der Waals surface area contributed by atoms with Crippen molar-refractivity contribution in [1.82, 2.24) is 4.67 Å². The Bertz CT molecular complexity index is 519. The molecule has 0 unspecified atom stereocenters. The van der Waals surface area contributed by atoms with E-state index >= 15 is 0 Å². The van der Waals surface area contributed by atoms with Crippen LogP contribution >= 0.6 is 19.8 Å². The molecule has 1 aliphatic heterocycles. The van der Waals surface area contributed by atoms with Gasteiger partial charge in [-0.25, -0.2) is 0 Å². The van der Waals surface area contributed by atoms with E-state index in [1.54, 1.807) is 11.8 Å². The number of nitrogens with one attached hydrogen (secondary N) is 1. The Morgan fingerprint density at radius 3 is 1.84 bits per heavy atom. The van der Waals surface area contributed by atoms with Gasteiger partial charge in [0, 0.05) is 22.9 Å². The molecule has 2 nitrogen and oxygen atoms in total. The predicted octanol–water partition coefficient (Wildman–Crippen LogP) is 3.02. The quantitative estimate of drug-likeness (QED) is 0.878. The lowest BCUT2D eigenvalue weighted by molar-refractivity contribution is 0.735. The summed E-state index contributed by atoms with van der Waals surface area (Å²) in [4.78, 5) is 0. The minimum absolute atomic E-state index is 0.603. The van der Waals surface area contributed by atoms with Crippen LogP contribution in [0.3, 0.4) is 0 Å². The summed E-state index contributed by atoms with van der Waals surface area (Å²) in [6.45, 7) is 0.971. The fourth-order valence-electron chi connectivity index (χ4n) is 2.16. The molecule has 0 atom stereocenters. The van der Waals surface area contributed by atoms with Gasteiger partial charge < -0.3 is 4.67 Å². The topological polar surface area (TPSA) is 27.1 Å². The Morgan fingerprint density at radius 2 is 1.42 bits per heavy atom. The zero-order valence-corrected chi connectivity index (χ0v) is 12.2. The van der Waals surface area contributed by atoms with Gasteiger partial charge in [-0.3, -0.25) is 5.41 Å². The molecule has 3 rings (SSSR count). The van der Waals surface area contributed by atoms with Crippen molar-refractivity contribution in [3.05, 3.63) is 60.7 Å². The fraction of sp³-hybridized carbons (Fsp3) is 0.133. The first-order chi connectivity index (χ1) is 9.36. The second kappa shape index (κ2) is 5.77. The monoisotopic (exact) mass is 286 g/mol. The molecule has 4 heteroatoms. The van der Waals surface area contributed by atoms with E-state index in [-0.39, 0.29) is 0 Å². The molecule has 0 bridgehead atoms. The van der Waals surface area contributed by atoms with Crippen molar-refractivity contribution in [3.63, 3.8) is 0 Å². The SMILES string of the molecule is N=C1SCCN1P(c1ccccc1)c1ccccc1. The van der Waals surface area contributed by atoms with Crippen LogP contribution in [0.2, 0.25) is 0 Å². The van der Waals surface area contributed by atoms with Crippen molar-refractivity contribution in [2.75, 3.05) is 12.3 Å². The van der Waals surface area contributed by atoms with Crippen LogP contribution in [0.25, 0.3) is 0 Å². The van der Waals surface area contributed by atoms with Crippen molar-refractivity contribution in [1.29, 1.82) is 5.41 Å². The van der Waals surface area contributed by atoms with E-state index in [9.17, 15) is 0 Å². The Balaban J connectivity index is 2.03. The number of hydrogen-bond acceptors (Lipinski definition) is 2. The van der Waals surface area contributed by atoms with E-state index < -0.39 is 8.07 Å². The van der Waals surface area contributed by atoms with E-state index in [2.05, 4.69) is 53.2 Å². The van der Waals surface area contributed by atoms with Crippen LogP contribution < -0.4 is 10.6 Å². The minimum Gasteiger partial charge on any atom is -0.322 e. The normalized spacial score (nSPS) is 15.2. The summed E-state index contributed by atoms with van der Waals surface area (Å²) < 4.78 is 2.25. The smallest absolute Gasteiger partial charge is 0.160 e. The second-order valence-electron chi connectivity index (χ2n) is 4.26.